The minimum absolute atomic E-state index is 0.180. The van der Waals surface area contributed by atoms with Crippen LogP contribution in [0, 0.1) is 0 Å². The number of fused-ring (bicyclic) bond motifs is 1. The molecule has 1 N–H and O–H groups in total. The Kier molecular flexibility index (Phi) is 5.80. The first-order chi connectivity index (χ1) is 13.6. The second-order valence-corrected chi connectivity index (χ2v) is 9.81. The van der Waals surface area contributed by atoms with Gasteiger partial charge in [-0.05, 0) is 17.9 Å². The van der Waals surface area contributed by atoms with Crippen molar-refractivity contribution in [3.63, 3.8) is 0 Å². The van der Waals surface area contributed by atoms with Crippen LogP contribution in [0.15, 0.2) is 32.7 Å². The van der Waals surface area contributed by atoms with E-state index in [4.69, 9.17) is 0 Å². The van der Waals surface area contributed by atoms with Crippen molar-refractivity contribution >= 4 is 61.8 Å². The lowest BCUT2D eigenvalue weighted by atomic mass is 10.4. The molecule has 0 fully saturated rings. The van der Waals surface area contributed by atoms with Crippen LogP contribution in [0.1, 0.15) is 33.7 Å². The molecule has 0 saturated carbocycles. The highest BCUT2D eigenvalue weighted by Crippen LogP contribution is 2.28. The molecule has 0 aliphatic carbocycles. The third-order valence-electron chi connectivity index (χ3n) is 3.52. The van der Waals surface area contributed by atoms with E-state index in [1.165, 1.54) is 56.4 Å². The summed E-state index contributed by atoms with van der Waals surface area (Å²) in [6, 6.07) is 5.07. The van der Waals surface area contributed by atoms with Crippen molar-refractivity contribution in [1.29, 1.82) is 0 Å². The van der Waals surface area contributed by atoms with Crippen molar-refractivity contribution in [1.82, 2.24) is 24.8 Å². The van der Waals surface area contributed by atoms with Crippen molar-refractivity contribution in [3.8, 4) is 0 Å². The van der Waals surface area contributed by atoms with E-state index < -0.39 is 0 Å². The second kappa shape index (κ2) is 8.47. The van der Waals surface area contributed by atoms with Gasteiger partial charge in [0.25, 0.3) is 11.5 Å². The minimum Gasteiger partial charge on any atom is -0.296 e. The van der Waals surface area contributed by atoms with E-state index in [-0.39, 0.29) is 11.5 Å². The summed E-state index contributed by atoms with van der Waals surface area (Å²) in [5.74, 6) is 0.288. The summed E-state index contributed by atoms with van der Waals surface area (Å²) in [5.41, 5.74) is 0.487. The van der Waals surface area contributed by atoms with Crippen molar-refractivity contribution in [2.24, 2.45) is 0 Å². The summed E-state index contributed by atoms with van der Waals surface area (Å²) in [6.07, 6.45) is 1.81. The number of rotatable bonds is 7. The van der Waals surface area contributed by atoms with E-state index in [2.05, 4.69) is 32.5 Å². The molecule has 1 amide bonds. The highest BCUT2D eigenvalue weighted by Gasteiger charge is 2.13. The van der Waals surface area contributed by atoms with Gasteiger partial charge in [-0.1, -0.05) is 47.4 Å². The fourth-order valence-electron chi connectivity index (χ4n) is 2.31. The number of hydrogen-bond acceptors (Lipinski definition) is 10. The molecule has 0 aliphatic heterocycles. The maximum absolute atomic E-state index is 12.3. The first-order valence-electron chi connectivity index (χ1n) is 8.32. The average molecular weight is 451 g/mol. The number of aryl methyl sites for hydroxylation is 1. The second-order valence-electron chi connectivity index (χ2n) is 5.62. The van der Waals surface area contributed by atoms with Gasteiger partial charge in [0.2, 0.25) is 10.1 Å². The van der Waals surface area contributed by atoms with Gasteiger partial charge in [-0.2, -0.15) is 9.61 Å². The van der Waals surface area contributed by atoms with Crippen molar-refractivity contribution in [3.05, 3.63) is 49.5 Å². The lowest BCUT2D eigenvalue weighted by Gasteiger charge is -1.98. The van der Waals surface area contributed by atoms with Crippen molar-refractivity contribution in [2.45, 2.75) is 29.9 Å². The number of nitrogens with one attached hydrogen (secondary N) is 1. The van der Waals surface area contributed by atoms with Gasteiger partial charge in [-0.25, -0.2) is 4.98 Å². The Morgan fingerprint density at radius 1 is 1.32 bits per heavy atom. The molecule has 12 heteroatoms. The smallest absolute Gasteiger partial charge is 0.275 e. The monoisotopic (exact) mass is 450 g/mol. The van der Waals surface area contributed by atoms with E-state index >= 15 is 0 Å². The highest BCUT2D eigenvalue weighted by atomic mass is 32.2. The van der Waals surface area contributed by atoms with E-state index in [0.717, 1.165) is 17.8 Å². The number of carbonyl (C=O) groups excluding carboxylic acids is 1. The van der Waals surface area contributed by atoms with Gasteiger partial charge in [0.15, 0.2) is 4.34 Å². The molecule has 0 bridgehead atoms. The maximum atomic E-state index is 12.3. The van der Waals surface area contributed by atoms with Gasteiger partial charge in [-0.15, -0.1) is 21.5 Å². The number of thiophene rings is 1. The van der Waals surface area contributed by atoms with Crippen LogP contribution in [0.3, 0.4) is 0 Å². The van der Waals surface area contributed by atoms with E-state index in [0.29, 0.717) is 30.8 Å². The third kappa shape index (κ3) is 4.29. The van der Waals surface area contributed by atoms with Crippen molar-refractivity contribution < 1.29 is 4.79 Å². The molecule has 0 spiro atoms. The molecule has 4 aromatic heterocycles. The molecular formula is C16H14N6O2S4. The molecule has 4 rings (SSSR count). The predicted molar refractivity (Wildman–Crippen MR) is 113 cm³/mol. The van der Waals surface area contributed by atoms with Gasteiger partial charge in [0.05, 0.1) is 10.6 Å². The molecular weight excluding hydrogens is 436 g/mol. The highest BCUT2D eigenvalue weighted by molar-refractivity contribution is 8.00. The zero-order valence-corrected chi connectivity index (χ0v) is 17.9. The molecule has 0 atom stereocenters. The number of nitrogens with zero attached hydrogens (tertiary/aromatic N) is 5. The molecule has 8 nitrogen and oxygen atoms in total. The topological polar surface area (TPSA) is 102 Å². The lowest BCUT2D eigenvalue weighted by molar-refractivity contribution is 0.103. The van der Waals surface area contributed by atoms with Crippen LogP contribution in [0.2, 0.25) is 0 Å². The molecule has 0 aromatic carbocycles. The van der Waals surface area contributed by atoms with Crippen LogP contribution in [0.4, 0.5) is 5.13 Å². The molecule has 0 radical (unpaired) electrons. The Labute approximate surface area is 175 Å². The molecule has 0 saturated heterocycles. The molecule has 144 valence electrons. The summed E-state index contributed by atoms with van der Waals surface area (Å²) in [5, 5.41) is 18.3. The number of amides is 1. The largest absolute Gasteiger partial charge is 0.296 e. The summed E-state index contributed by atoms with van der Waals surface area (Å²) >= 11 is 5.52. The lowest BCUT2D eigenvalue weighted by Crippen LogP contribution is -2.15. The molecule has 4 aromatic rings. The quantitative estimate of drug-likeness (QED) is 0.339. The van der Waals surface area contributed by atoms with Gasteiger partial charge in [0.1, 0.15) is 5.01 Å². The molecule has 0 unspecified atom stereocenters. The maximum Gasteiger partial charge on any atom is 0.275 e. The SMILES string of the molecule is CCCc1nn2c(=O)cc(CSc3nnc(NC(=O)c4cccs4)s3)nc2s1. The van der Waals surface area contributed by atoms with Gasteiger partial charge < -0.3 is 0 Å². The number of hydrogen-bond donors (Lipinski definition) is 1. The Morgan fingerprint density at radius 2 is 2.21 bits per heavy atom. The molecule has 0 aliphatic rings. The van der Waals surface area contributed by atoms with Crippen LogP contribution in [-0.4, -0.2) is 30.7 Å². The van der Waals surface area contributed by atoms with Gasteiger partial charge in [0, 0.05) is 18.2 Å². The average Bonchev–Trinajstić information content (AvgIpc) is 3.41. The van der Waals surface area contributed by atoms with Gasteiger partial charge >= 0.3 is 0 Å². The Hall–Kier alpha value is -2.15. The van der Waals surface area contributed by atoms with Crippen molar-refractivity contribution in [2.75, 3.05) is 5.32 Å². The first-order valence-corrected chi connectivity index (χ1v) is 11.8. The van der Waals surface area contributed by atoms with Crippen LogP contribution in [0.5, 0.6) is 0 Å². The third-order valence-corrected chi connectivity index (χ3v) is 7.36. The summed E-state index contributed by atoms with van der Waals surface area (Å²) in [7, 11) is 0. The fourth-order valence-corrected chi connectivity index (χ4v) is 5.58. The summed E-state index contributed by atoms with van der Waals surface area (Å²) in [6.45, 7) is 2.07. The zero-order chi connectivity index (χ0) is 19.5. The molecule has 28 heavy (non-hydrogen) atoms. The zero-order valence-electron chi connectivity index (χ0n) is 14.6. The Balaban J connectivity index is 1.42. The van der Waals surface area contributed by atoms with Crippen LogP contribution >= 0.6 is 45.8 Å². The number of carbonyl (C=O) groups is 1. The first kappa shape index (κ1) is 19.2. The van der Waals surface area contributed by atoms with Crippen LogP contribution in [-0.2, 0) is 12.2 Å². The minimum atomic E-state index is -0.198. The summed E-state index contributed by atoms with van der Waals surface area (Å²) < 4.78 is 2.05. The Bertz CT molecular complexity index is 1160. The van der Waals surface area contributed by atoms with Crippen LogP contribution in [0.25, 0.3) is 4.96 Å². The fraction of sp³-hybridized carbons (Fsp3) is 0.250. The standard InChI is InChI=1S/C16H14N6O2S4/c1-2-4-11-21-22-12(23)7-9(17-15(22)27-11)8-26-16-20-19-14(28-16)18-13(24)10-5-3-6-25-10/h3,5-7H,2,4,8H2,1H3,(H,18,19,24). The predicted octanol–water partition coefficient (Wildman–Crippen LogP) is 3.56. The number of anilines is 1. The number of thioether (sulfide) groups is 1. The molecule has 4 heterocycles. The normalized spacial score (nSPS) is 11.2. The Morgan fingerprint density at radius 3 is 3.00 bits per heavy atom. The van der Waals surface area contributed by atoms with Crippen LogP contribution < -0.4 is 10.9 Å². The van der Waals surface area contributed by atoms with E-state index in [9.17, 15) is 9.59 Å². The number of aromatic nitrogens is 5. The van der Waals surface area contributed by atoms with E-state index in [1.54, 1.807) is 6.07 Å². The van der Waals surface area contributed by atoms with Gasteiger partial charge in [-0.3, -0.25) is 14.9 Å². The summed E-state index contributed by atoms with van der Waals surface area (Å²) in [4.78, 5) is 30.1. The van der Waals surface area contributed by atoms with E-state index in [1.807, 2.05) is 11.4 Å².